The number of fused-ring (bicyclic) bond motifs is 4. The number of halogens is 5. The molecular weight excluding hydrogens is 1930 g/mol. The van der Waals surface area contributed by atoms with Gasteiger partial charge in [0.1, 0.15) is 28.5 Å². The van der Waals surface area contributed by atoms with Crippen molar-refractivity contribution in [2.75, 3.05) is 58.3 Å². The number of alkyl halides is 5. The van der Waals surface area contributed by atoms with Gasteiger partial charge in [0.25, 0.3) is 30.1 Å². The van der Waals surface area contributed by atoms with Crippen molar-refractivity contribution in [2.45, 2.75) is 118 Å². The van der Waals surface area contributed by atoms with Crippen LogP contribution in [0.3, 0.4) is 0 Å². The molecule has 0 aliphatic carbocycles. The number of amides is 4. The van der Waals surface area contributed by atoms with E-state index in [1.807, 2.05) is 130 Å². The molecule has 4 amide bonds. The van der Waals surface area contributed by atoms with E-state index in [1.165, 1.54) is 50.1 Å². The highest BCUT2D eigenvalue weighted by Crippen LogP contribution is 2.43. The smallest absolute Gasteiger partial charge is 0.326 e. The first-order chi connectivity index (χ1) is 69.2. The first-order valence-corrected chi connectivity index (χ1v) is 53.4. The summed E-state index contributed by atoms with van der Waals surface area (Å²) in [6, 6.07) is 84.2. The molecule has 742 valence electrons. The van der Waals surface area contributed by atoms with Gasteiger partial charge >= 0.3 is 6.18 Å². The van der Waals surface area contributed by atoms with E-state index in [2.05, 4.69) is 58.5 Å². The van der Waals surface area contributed by atoms with Crippen LogP contribution in [0.5, 0.6) is 0 Å². The molecule has 4 aromatic heterocycles. The van der Waals surface area contributed by atoms with Gasteiger partial charge in [-0.25, -0.2) is 71.5 Å². The molecule has 0 saturated heterocycles. The number of carbonyl (C=O) groups is 4. The van der Waals surface area contributed by atoms with Gasteiger partial charge in [-0.2, -0.15) is 33.6 Å². The Morgan fingerprint density at radius 1 is 0.338 bits per heavy atom. The Hall–Kier alpha value is -15.3. The predicted molar refractivity (Wildman–Crippen MR) is 548 cm³/mol. The van der Waals surface area contributed by atoms with Crippen molar-refractivity contribution in [3.8, 4) is 67.3 Å². The third kappa shape index (κ3) is 21.4. The standard InChI is InChI=1S/C28H27N3O3S.C27H23F3N4O3S.C27H24F2N4O3S.C27H26N4O3S/c1-4-20-8-7-9-23(17-20)31-26(16-19(2)29-31)28(32)30-15-14-22-18-21(12-13-25(22)30)24-10-5-6-11-27(24)35(3,33)34;1-38(36,37)24-8-3-2-7-21(24)18-9-10-22-19(14-18)11-12-33(22)26(35)23-15-25(27(28,29)30)32-34(23)20-6-4-5-17(13-20)16-31;1-2-17-6-5-7-20(14-17)33-24(16-22(31-33)26(28)29)27(34)32-13-12-19-15-18(10-11-23(19)32)21-8-3-4-9-25(21)37(30,35)36;1-3-19-7-6-8-22(16-19)31-25(15-18(2)29-31)27(32)30-14-13-21-17-20(11-12-24(21)30)23-9-4-5-10-26(23)35(28,33)34/h5-13,16-18H,4,14-15H2,1-3H3;2-10,13-15H,11-12,16,31H2,1H3;3-11,14-16,26H,2,12-13H2,1H3,(H2,30,35,36);4-12,15-17H,3,13-14H2,1-2H3,(H2,28,33,34). The van der Waals surface area contributed by atoms with Crippen LogP contribution in [0.15, 0.2) is 311 Å². The zero-order valence-electron chi connectivity index (χ0n) is 79.8. The van der Waals surface area contributed by atoms with Gasteiger partial charge in [-0.3, -0.25) is 19.2 Å². The van der Waals surface area contributed by atoms with E-state index >= 15 is 0 Å². The van der Waals surface area contributed by atoms with Gasteiger partial charge < -0.3 is 25.3 Å². The molecule has 0 unspecified atom stereocenters. The first kappa shape index (κ1) is 101. The lowest BCUT2D eigenvalue weighted by Gasteiger charge is -2.19. The summed E-state index contributed by atoms with van der Waals surface area (Å²) in [5.41, 5.74) is 24.6. The van der Waals surface area contributed by atoms with Crippen molar-refractivity contribution in [1.82, 2.24) is 39.1 Å². The molecule has 36 heteroatoms. The van der Waals surface area contributed by atoms with Crippen LogP contribution in [0.2, 0.25) is 0 Å². The molecule has 20 rings (SSSR count). The van der Waals surface area contributed by atoms with E-state index in [0.717, 1.165) is 115 Å². The maximum absolute atomic E-state index is 13.7. The lowest BCUT2D eigenvalue weighted by molar-refractivity contribution is -0.141. The van der Waals surface area contributed by atoms with Gasteiger partial charge in [-0.15, -0.1) is 0 Å². The molecule has 145 heavy (non-hydrogen) atoms. The Balaban J connectivity index is 0.000000132. The van der Waals surface area contributed by atoms with E-state index in [1.54, 1.807) is 147 Å². The monoisotopic (exact) mass is 2030 g/mol. The number of nitrogens with zero attached hydrogens (tertiary/aromatic N) is 12. The third-order valence-electron chi connectivity index (χ3n) is 25.7. The van der Waals surface area contributed by atoms with Crippen molar-refractivity contribution in [2.24, 2.45) is 16.0 Å². The zero-order valence-corrected chi connectivity index (χ0v) is 83.1. The fourth-order valence-electron chi connectivity index (χ4n) is 18.6. The average molecular weight is 2040 g/mol. The van der Waals surface area contributed by atoms with Crippen LogP contribution >= 0.6 is 0 Å². The summed E-state index contributed by atoms with van der Waals surface area (Å²) in [5, 5.41) is 27.8. The largest absolute Gasteiger partial charge is 0.435 e. The van der Waals surface area contributed by atoms with Crippen molar-refractivity contribution in [3.63, 3.8) is 0 Å². The number of hydrogen-bond acceptors (Lipinski definition) is 17. The lowest BCUT2D eigenvalue weighted by Crippen LogP contribution is -2.30. The summed E-state index contributed by atoms with van der Waals surface area (Å²) in [4.78, 5) is 61.8. The summed E-state index contributed by atoms with van der Waals surface area (Å²) in [6.45, 7) is 11.8. The number of hydrogen-bond donors (Lipinski definition) is 3. The maximum Gasteiger partial charge on any atom is 0.435 e. The van der Waals surface area contributed by atoms with Gasteiger partial charge in [-0.1, -0.05) is 166 Å². The summed E-state index contributed by atoms with van der Waals surface area (Å²) in [7, 11) is -14.6. The molecule has 0 radical (unpaired) electrons. The molecule has 16 aromatic rings. The van der Waals surface area contributed by atoms with Crippen LogP contribution in [0.4, 0.5) is 44.7 Å². The minimum Gasteiger partial charge on any atom is -0.326 e. The van der Waals surface area contributed by atoms with Crippen LogP contribution in [0.1, 0.15) is 136 Å². The summed E-state index contributed by atoms with van der Waals surface area (Å²) in [6.07, 6.45) is -0.300. The van der Waals surface area contributed by atoms with Crippen molar-refractivity contribution >= 4 is 86.1 Å². The molecule has 4 aliphatic rings. The number of aryl methyl sites for hydroxylation is 5. The third-order valence-corrected chi connectivity index (χ3v) is 29.9. The Morgan fingerprint density at radius 2 is 0.614 bits per heavy atom. The molecule has 0 bridgehead atoms. The van der Waals surface area contributed by atoms with Crippen molar-refractivity contribution in [1.29, 1.82) is 0 Å². The lowest BCUT2D eigenvalue weighted by atomic mass is 10.0. The zero-order chi connectivity index (χ0) is 103. The second-order valence-corrected chi connectivity index (χ2v) is 42.4. The molecule has 0 spiro atoms. The summed E-state index contributed by atoms with van der Waals surface area (Å²) < 4.78 is 171. The number of rotatable bonds is 21. The van der Waals surface area contributed by atoms with Gasteiger partial charge in [0.05, 0.1) is 53.7 Å². The van der Waals surface area contributed by atoms with Gasteiger partial charge in [0.15, 0.2) is 25.4 Å². The Labute approximate surface area is 835 Å². The van der Waals surface area contributed by atoms with Gasteiger partial charge in [0.2, 0.25) is 20.0 Å². The molecule has 12 aromatic carbocycles. The van der Waals surface area contributed by atoms with Crippen LogP contribution in [0.25, 0.3) is 67.3 Å². The topological polar surface area (TPSA) is 367 Å². The highest BCUT2D eigenvalue weighted by Gasteiger charge is 2.40. The number of anilines is 4. The molecule has 27 nitrogen and oxygen atoms in total. The highest BCUT2D eigenvalue weighted by atomic mass is 32.2. The normalized spacial score (nSPS) is 13.3. The summed E-state index contributed by atoms with van der Waals surface area (Å²) in [5.74, 6) is -1.30. The Morgan fingerprint density at radius 3 is 0.910 bits per heavy atom. The molecule has 0 saturated carbocycles. The average Bonchev–Trinajstić information content (AvgIpc) is 1.61. The number of primary sulfonamides is 2. The van der Waals surface area contributed by atoms with E-state index in [0.29, 0.717) is 123 Å². The Kier molecular flexibility index (Phi) is 28.7. The number of carbonyl (C=O) groups excluding carboxylic acids is 4. The van der Waals surface area contributed by atoms with E-state index in [4.69, 9.17) is 16.0 Å². The van der Waals surface area contributed by atoms with Gasteiger partial charge in [0, 0.05) is 96.3 Å². The van der Waals surface area contributed by atoms with E-state index in [-0.39, 0.29) is 51.0 Å². The van der Waals surface area contributed by atoms with E-state index in [9.17, 15) is 74.8 Å². The minimum absolute atomic E-state index is 0.0126. The van der Waals surface area contributed by atoms with Crippen molar-refractivity contribution < 1.29 is 74.8 Å². The van der Waals surface area contributed by atoms with Crippen LogP contribution < -0.4 is 35.6 Å². The molecule has 6 N–H and O–H groups in total. The number of benzene rings is 12. The summed E-state index contributed by atoms with van der Waals surface area (Å²) >= 11 is 0. The Bertz CT molecular complexity index is 8070. The first-order valence-electron chi connectivity index (χ1n) is 46.5. The van der Waals surface area contributed by atoms with Crippen LogP contribution in [-0.2, 0) is 97.4 Å². The molecule has 0 atom stereocenters. The molecule has 0 fully saturated rings. The quantitative estimate of drug-likeness (QED) is 0.0563. The van der Waals surface area contributed by atoms with Gasteiger partial charge in [-0.05, 0) is 265 Å². The molecular formula is C109H100F5N15O12S4. The fraction of sp³-hybridized carbons (Fsp3) is 0.193. The second-order valence-electron chi connectivity index (χ2n) is 35.4. The van der Waals surface area contributed by atoms with Crippen LogP contribution in [0, 0.1) is 13.8 Å². The number of sulfonamides is 2. The molecule has 8 heterocycles. The van der Waals surface area contributed by atoms with Crippen LogP contribution in [-0.4, -0.2) is 135 Å². The highest BCUT2D eigenvalue weighted by molar-refractivity contribution is 7.91. The fourth-order valence-corrected chi connectivity index (χ4v) is 21.9. The number of nitrogens with two attached hydrogens (primary N) is 3. The molecule has 4 aliphatic heterocycles. The minimum atomic E-state index is -4.74. The predicted octanol–water partition coefficient (Wildman–Crippen LogP) is 18.8. The number of sulfone groups is 2. The van der Waals surface area contributed by atoms with E-state index < -0.39 is 75.5 Å². The second kappa shape index (κ2) is 41.2. The number of aromatic nitrogens is 8. The van der Waals surface area contributed by atoms with Crippen molar-refractivity contribution in [3.05, 3.63) is 381 Å². The SMILES string of the molecule is CCc1cccc(-n2nc(C(F)F)cc2C(=O)N2CCc3cc(-c4ccccc4S(N)(=O)=O)ccc32)c1.CCc1cccc(-n2nc(C)cc2C(=O)N2CCc3cc(-c4ccccc4S(C)(=O)=O)ccc32)c1.CCc1cccc(-n2nc(C)cc2C(=O)N2CCc3cc(-c4ccccc4S(N)(=O)=O)ccc32)c1.CS(=O)(=O)c1ccccc1-c1ccc2c(c1)CCN2C(=O)c1cc(C(F)(F)F)nn1-c1cccc(CN)c1. The maximum atomic E-state index is 13.7.